The summed E-state index contributed by atoms with van der Waals surface area (Å²) in [6.45, 7) is 4.22. The van der Waals surface area contributed by atoms with Crippen LogP contribution < -0.4 is 16.0 Å². The van der Waals surface area contributed by atoms with Crippen LogP contribution >= 0.6 is 35.4 Å². The topological polar surface area (TPSA) is 74.2 Å². The second kappa shape index (κ2) is 10.3. The molecule has 3 rings (SSSR count). The van der Waals surface area contributed by atoms with Crippen molar-refractivity contribution in [2.75, 3.05) is 10.6 Å². The molecule has 1 aromatic heterocycles. The first-order valence-corrected chi connectivity index (χ1v) is 10.3. The first kappa shape index (κ1) is 22.0. The Bertz CT molecular complexity index is 1050. The lowest BCUT2D eigenvalue weighted by molar-refractivity contribution is 1.03. The van der Waals surface area contributed by atoms with Crippen molar-refractivity contribution in [1.82, 2.24) is 15.3 Å². The molecule has 6 nitrogen and oxygen atoms in total. The van der Waals surface area contributed by atoms with E-state index in [9.17, 15) is 0 Å². The molecular formula is C21H20Cl2N6S. The minimum absolute atomic E-state index is 0.329. The first-order chi connectivity index (χ1) is 14.4. The molecule has 1 heterocycles. The van der Waals surface area contributed by atoms with Gasteiger partial charge in [-0.25, -0.2) is 15.0 Å². The fraction of sp³-hybridized carbons (Fsp3) is 0.143. The van der Waals surface area contributed by atoms with Crippen molar-refractivity contribution in [3.05, 3.63) is 81.6 Å². The molecule has 0 aliphatic rings. The van der Waals surface area contributed by atoms with Crippen LogP contribution in [0.3, 0.4) is 0 Å². The Labute approximate surface area is 190 Å². The molecule has 9 heteroatoms. The van der Waals surface area contributed by atoms with Gasteiger partial charge >= 0.3 is 0 Å². The SMILES string of the molecule is Cc1cc(C)nc(NC(=NCc2ccc(Cl)cc2)NC(=S)Nc2ccccc2Cl)n1. The van der Waals surface area contributed by atoms with Gasteiger partial charge in [-0.05, 0) is 62.0 Å². The predicted molar refractivity (Wildman–Crippen MR) is 129 cm³/mol. The van der Waals surface area contributed by atoms with Gasteiger partial charge in [0.2, 0.25) is 11.9 Å². The Kier molecular flexibility index (Phi) is 7.57. The van der Waals surface area contributed by atoms with Crippen LogP contribution in [-0.4, -0.2) is 21.0 Å². The van der Waals surface area contributed by atoms with E-state index in [0.717, 1.165) is 17.0 Å². The summed E-state index contributed by atoms with van der Waals surface area (Å²) < 4.78 is 0. The van der Waals surface area contributed by atoms with E-state index in [1.54, 1.807) is 6.07 Å². The van der Waals surface area contributed by atoms with Crippen LogP contribution in [-0.2, 0) is 6.54 Å². The summed E-state index contributed by atoms with van der Waals surface area (Å²) in [7, 11) is 0. The Balaban J connectivity index is 1.78. The highest BCUT2D eigenvalue weighted by atomic mass is 35.5. The lowest BCUT2D eigenvalue weighted by Gasteiger charge is -2.15. The van der Waals surface area contributed by atoms with Gasteiger partial charge < -0.3 is 10.6 Å². The number of rotatable bonds is 4. The number of thiocarbonyl (C=S) groups is 1. The molecule has 0 radical (unpaired) electrons. The fourth-order valence-electron chi connectivity index (χ4n) is 2.58. The monoisotopic (exact) mass is 458 g/mol. The van der Waals surface area contributed by atoms with Crippen molar-refractivity contribution >= 4 is 58.1 Å². The summed E-state index contributed by atoms with van der Waals surface area (Å²) >= 11 is 17.6. The molecule has 0 saturated heterocycles. The highest BCUT2D eigenvalue weighted by molar-refractivity contribution is 7.80. The first-order valence-electron chi connectivity index (χ1n) is 9.10. The molecule has 0 fully saturated rings. The maximum Gasteiger partial charge on any atom is 0.229 e. The predicted octanol–water partition coefficient (Wildman–Crippen LogP) is 5.35. The van der Waals surface area contributed by atoms with Crippen molar-refractivity contribution in [1.29, 1.82) is 0 Å². The molecule has 0 spiro atoms. The maximum atomic E-state index is 6.20. The van der Waals surface area contributed by atoms with Gasteiger partial charge in [-0.15, -0.1) is 0 Å². The van der Waals surface area contributed by atoms with Crippen LogP contribution in [0.15, 0.2) is 59.6 Å². The van der Waals surface area contributed by atoms with Crippen molar-refractivity contribution in [3.8, 4) is 0 Å². The largest absolute Gasteiger partial charge is 0.331 e. The third-order valence-corrected chi connectivity index (χ3v) is 4.69. The maximum absolute atomic E-state index is 6.20. The zero-order valence-corrected chi connectivity index (χ0v) is 18.7. The zero-order chi connectivity index (χ0) is 21.5. The fourth-order valence-corrected chi connectivity index (χ4v) is 3.10. The number of aliphatic imine (C=N–C) groups is 1. The van der Waals surface area contributed by atoms with Crippen molar-refractivity contribution in [2.45, 2.75) is 20.4 Å². The van der Waals surface area contributed by atoms with Crippen molar-refractivity contribution in [3.63, 3.8) is 0 Å². The van der Waals surface area contributed by atoms with E-state index in [1.807, 2.05) is 62.4 Å². The number of nitrogens with zero attached hydrogens (tertiary/aromatic N) is 3. The van der Waals surface area contributed by atoms with Crippen LogP contribution in [0.5, 0.6) is 0 Å². The lowest BCUT2D eigenvalue weighted by atomic mass is 10.2. The highest BCUT2D eigenvalue weighted by Gasteiger charge is 2.08. The second-order valence-corrected chi connectivity index (χ2v) is 7.70. The van der Waals surface area contributed by atoms with E-state index in [2.05, 4.69) is 30.9 Å². The number of benzene rings is 2. The van der Waals surface area contributed by atoms with Gasteiger partial charge in [-0.2, -0.15) is 0 Å². The summed E-state index contributed by atoms with van der Waals surface area (Å²) in [4.78, 5) is 13.4. The number of guanidine groups is 1. The molecule has 3 N–H and O–H groups in total. The molecule has 0 aliphatic heterocycles. The van der Waals surface area contributed by atoms with E-state index >= 15 is 0 Å². The van der Waals surface area contributed by atoms with E-state index in [1.165, 1.54) is 0 Å². The third kappa shape index (κ3) is 6.66. The third-order valence-electron chi connectivity index (χ3n) is 3.90. The normalized spacial score (nSPS) is 11.1. The minimum Gasteiger partial charge on any atom is -0.331 e. The molecule has 3 aromatic rings. The van der Waals surface area contributed by atoms with Gasteiger partial charge in [0, 0.05) is 16.4 Å². The molecule has 2 aromatic carbocycles. The number of hydrogen-bond acceptors (Lipinski definition) is 4. The van der Waals surface area contributed by atoms with E-state index in [0.29, 0.717) is 39.3 Å². The smallest absolute Gasteiger partial charge is 0.229 e. The molecular weight excluding hydrogens is 439 g/mol. The quantitative estimate of drug-likeness (QED) is 0.277. The van der Waals surface area contributed by atoms with Gasteiger partial charge in [0.25, 0.3) is 0 Å². The summed E-state index contributed by atoms with van der Waals surface area (Å²) in [5.41, 5.74) is 3.38. The molecule has 0 saturated carbocycles. The Hall–Kier alpha value is -2.74. The highest BCUT2D eigenvalue weighted by Crippen LogP contribution is 2.20. The molecule has 154 valence electrons. The summed E-state index contributed by atoms with van der Waals surface area (Å²) in [6, 6.07) is 16.7. The number of nitrogens with one attached hydrogen (secondary N) is 3. The van der Waals surface area contributed by atoms with Gasteiger partial charge in [-0.3, -0.25) is 5.32 Å². The van der Waals surface area contributed by atoms with Gasteiger partial charge in [-0.1, -0.05) is 47.5 Å². The van der Waals surface area contributed by atoms with Crippen LogP contribution in [0, 0.1) is 13.8 Å². The Morgan fingerprint density at radius 1 is 0.967 bits per heavy atom. The Morgan fingerprint density at radius 2 is 1.63 bits per heavy atom. The summed E-state index contributed by atoms with van der Waals surface area (Å²) in [5, 5.41) is 10.8. The molecule has 0 aliphatic carbocycles. The lowest BCUT2D eigenvalue weighted by Crippen LogP contribution is -2.39. The summed E-state index contributed by atoms with van der Waals surface area (Å²) in [6.07, 6.45) is 0. The number of anilines is 2. The van der Waals surface area contributed by atoms with Crippen LogP contribution in [0.25, 0.3) is 0 Å². The van der Waals surface area contributed by atoms with Gasteiger partial charge in [0.1, 0.15) is 0 Å². The molecule has 0 amide bonds. The van der Waals surface area contributed by atoms with E-state index in [4.69, 9.17) is 35.4 Å². The number of aromatic nitrogens is 2. The van der Waals surface area contributed by atoms with Gasteiger partial charge in [0.15, 0.2) is 5.11 Å². The second-order valence-electron chi connectivity index (χ2n) is 6.45. The van der Waals surface area contributed by atoms with E-state index < -0.39 is 0 Å². The van der Waals surface area contributed by atoms with Crippen LogP contribution in [0.1, 0.15) is 17.0 Å². The molecule has 30 heavy (non-hydrogen) atoms. The Morgan fingerprint density at radius 3 is 2.30 bits per heavy atom. The average molecular weight is 459 g/mol. The minimum atomic E-state index is 0.329. The molecule has 0 bridgehead atoms. The number of aryl methyl sites for hydroxylation is 2. The molecule has 0 unspecified atom stereocenters. The van der Waals surface area contributed by atoms with E-state index in [-0.39, 0.29) is 0 Å². The van der Waals surface area contributed by atoms with Crippen molar-refractivity contribution < 1.29 is 0 Å². The number of hydrogen-bond donors (Lipinski definition) is 3. The van der Waals surface area contributed by atoms with Crippen LogP contribution in [0.4, 0.5) is 11.6 Å². The van der Waals surface area contributed by atoms with Crippen molar-refractivity contribution in [2.24, 2.45) is 4.99 Å². The number of para-hydroxylation sites is 1. The standard InChI is InChI=1S/C21H20Cl2N6S/c1-13-11-14(2)26-20(25-13)28-19(24-12-15-7-9-16(22)10-8-15)29-21(30)27-18-6-4-3-5-17(18)23/h3-11H,12H2,1-2H3,(H3,24,25,26,27,28,29,30). The molecule has 0 atom stereocenters. The average Bonchev–Trinajstić information content (AvgIpc) is 2.68. The zero-order valence-electron chi connectivity index (χ0n) is 16.4. The van der Waals surface area contributed by atoms with Crippen LogP contribution in [0.2, 0.25) is 10.0 Å². The van der Waals surface area contributed by atoms with Gasteiger partial charge in [0.05, 0.1) is 17.3 Å². The number of halogens is 2. The summed E-state index contributed by atoms with van der Waals surface area (Å²) in [5.74, 6) is 0.829.